The summed E-state index contributed by atoms with van der Waals surface area (Å²) in [7, 11) is 0. The van der Waals surface area contributed by atoms with Crippen LogP contribution in [-0.4, -0.2) is 28.9 Å². The first-order chi connectivity index (χ1) is 14.7. The minimum Gasteiger partial charge on any atom is -0.479 e. The van der Waals surface area contributed by atoms with Gasteiger partial charge in [0.2, 0.25) is 5.91 Å². The van der Waals surface area contributed by atoms with Crippen molar-refractivity contribution >= 4 is 63.9 Å². The number of thiocarbonyl (C=S) groups is 1. The smallest absolute Gasteiger partial charge is 0.269 e. The molecule has 4 N–H and O–H groups in total. The van der Waals surface area contributed by atoms with E-state index in [1.54, 1.807) is 31.2 Å². The van der Waals surface area contributed by atoms with Gasteiger partial charge in [-0.25, -0.2) is 0 Å². The predicted molar refractivity (Wildman–Crippen MR) is 123 cm³/mol. The van der Waals surface area contributed by atoms with Crippen molar-refractivity contribution in [2.24, 2.45) is 0 Å². The normalized spacial score (nSPS) is 11.1. The van der Waals surface area contributed by atoms with Gasteiger partial charge in [0, 0.05) is 22.7 Å². The molecule has 11 heteroatoms. The lowest BCUT2D eigenvalue weighted by molar-refractivity contribution is -0.125. The van der Waals surface area contributed by atoms with Gasteiger partial charge in [-0.05, 0) is 61.6 Å². The van der Waals surface area contributed by atoms with Crippen LogP contribution < -0.4 is 26.2 Å². The lowest BCUT2D eigenvalue weighted by atomic mass is 10.2. The highest BCUT2D eigenvalue weighted by molar-refractivity contribution is 7.80. The Morgan fingerprint density at radius 3 is 2.35 bits per heavy atom. The fourth-order valence-electron chi connectivity index (χ4n) is 2.20. The minimum atomic E-state index is -0.917. The Kier molecular flexibility index (Phi) is 9.04. The van der Waals surface area contributed by atoms with E-state index in [0.717, 1.165) is 0 Å². The van der Waals surface area contributed by atoms with Crippen LogP contribution in [0.1, 0.15) is 30.6 Å². The molecular formula is C20H20Cl2N4O4S. The maximum absolute atomic E-state index is 12.2. The molecule has 0 radical (unpaired) electrons. The number of carbonyl (C=O) groups is 3. The van der Waals surface area contributed by atoms with Gasteiger partial charge in [0.1, 0.15) is 5.75 Å². The summed E-state index contributed by atoms with van der Waals surface area (Å²) < 4.78 is 5.50. The molecule has 2 rings (SSSR count). The van der Waals surface area contributed by atoms with Crippen LogP contribution in [0.25, 0.3) is 0 Å². The summed E-state index contributed by atoms with van der Waals surface area (Å²) in [5.74, 6) is -0.869. The molecule has 0 fully saturated rings. The molecule has 3 amide bonds. The van der Waals surface area contributed by atoms with Crippen LogP contribution in [0.15, 0.2) is 42.5 Å². The zero-order chi connectivity index (χ0) is 23.0. The Morgan fingerprint density at radius 2 is 1.74 bits per heavy atom. The maximum atomic E-state index is 12.2. The third kappa shape index (κ3) is 7.71. The first-order valence-electron chi connectivity index (χ1n) is 9.12. The molecule has 1 unspecified atom stereocenters. The van der Waals surface area contributed by atoms with Crippen molar-refractivity contribution in [2.75, 3.05) is 5.32 Å². The highest BCUT2D eigenvalue weighted by atomic mass is 35.5. The average Bonchev–Trinajstić information content (AvgIpc) is 2.74. The number of anilines is 1. The van der Waals surface area contributed by atoms with Crippen LogP contribution in [0, 0.1) is 0 Å². The Bertz CT molecular complexity index is 986. The fraction of sp³-hybridized carbons (Fsp3) is 0.200. The Balaban J connectivity index is 1.81. The topological polar surface area (TPSA) is 109 Å². The van der Waals surface area contributed by atoms with Gasteiger partial charge in [0.05, 0.1) is 5.02 Å². The maximum Gasteiger partial charge on any atom is 0.269 e. The highest BCUT2D eigenvalue weighted by Crippen LogP contribution is 2.28. The van der Waals surface area contributed by atoms with Crippen LogP contribution in [0.4, 0.5) is 5.69 Å². The van der Waals surface area contributed by atoms with Gasteiger partial charge in [0.15, 0.2) is 11.2 Å². The van der Waals surface area contributed by atoms with E-state index in [1.807, 2.05) is 0 Å². The molecule has 1 atom stereocenters. The van der Waals surface area contributed by atoms with Crippen molar-refractivity contribution in [1.82, 2.24) is 16.2 Å². The Labute approximate surface area is 194 Å². The van der Waals surface area contributed by atoms with Gasteiger partial charge in [-0.1, -0.05) is 30.1 Å². The monoisotopic (exact) mass is 482 g/mol. The second-order valence-corrected chi connectivity index (χ2v) is 7.46. The summed E-state index contributed by atoms with van der Waals surface area (Å²) in [6.07, 6.45) is -0.564. The van der Waals surface area contributed by atoms with Crippen molar-refractivity contribution in [1.29, 1.82) is 0 Å². The quantitative estimate of drug-likeness (QED) is 0.370. The van der Waals surface area contributed by atoms with Crippen molar-refractivity contribution in [2.45, 2.75) is 26.4 Å². The number of hydrogen-bond acceptors (Lipinski definition) is 5. The molecule has 0 aliphatic rings. The number of amides is 3. The number of halogens is 2. The highest BCUT2D eigenvalue weighted by Gasteiger charge is 2.18. The zero-order valence-electron chi connectivity index (χ0n) is 16.6. The molecule has 0 saturated carbocycles. The van der Waals surface area contributed by atoms with Crippen molar-refractivity contribution in [3.8, 4) is 5.75 Å². The molecular weight excluding hydrogens is 463 g/mol. The SMILES string of the molecule is CCC(=O)Nc1ccc(C(=O)NNC(=S)NC(=O)C(C)Oc2ccc(Cl)cc2Cl)cc1. The molecule has 0 heterocycles. The summed E-state index contributed by atoms with van der Waals surface area (Å²) >= 11 is 16.9. The van der Waals surface area contributed by atoms with Gasteiger partial charge in [-0.2, -0.15) is 0 Å². The molecule has 164 valence electrons. The lowest BCUT2D eigenvalue weighted by Crippen LogP contribution is -2.51. The van der Waals surface area contributed by atoms with E-state index in [9.17, 15) is 14.4 Å². The average molecular weight is 483 g/mol. The molecule has 0 bridgehead atoms. The first kappa shape index (κ1) is 24.4. The first-order valence-corrected chi connectivity index (χ1v) is 10.3. The van der Waals surface area contributed by atoms with E-state index in [-0.39, 0.29) is 16.0 Å². The van der Waals surface area contributed by atoms with E-state index in [0.29, 0.717) is 28.4 Å². The number of benzene rings is 2. The van der Waals surface area contributed by atoms with E-state index < -0.39 is 17.9 Å². The van der Waals surface area contributed by atoms with Gasteiger partial charge < -0.3 is 10.1 Å². The van der Waals surface area contributed by atoms with E-state index in [1.165, 1.54) is 25.1 Å². The molecule has 0 aliphatic heterocycles. The van der Waals surface area contributed by atoms with Gasteiger partial charge in [-0.3, -0.25) is 30.6 Å². The second-order valence-electron chi connectivity index (χ2n) is 6.21. The van der Waals surface area contributed by atoms with Crippen molar-refractivity contribution < 1.29 is 19.1 Å². The number of hydrogen-bond donors (Lipinski definition) is 4. The molecule has 0 spiro atoms. The molecule has 0 aliphatic carbocycles. The van der Waals surface area contributed by atoms with Crippen molar-refractivity contribution in [3.05, 3.63) is 58.1 Å². The standard InChI is InChI=1S/C20H20Cl2N4O4S/c1-3-17(27)23-14-7-4-12(5-8-14)19(29)25-26-20(31)24-18(28)11(2)30-16-9-6-13(21)10-15(16)22/h4-11H,3H2,1-2H3,(H,23,27)(H,25,29)(H2,24,26,28,31). The van der Waals surface area contributed by atoms with Crippen LogP contribution >= 0.6 is 35.4 Å². The number of nitrogens with one attached hydrogen (secondary N) is 4. The molecule has 0 saturated heterocycles. The number of ether oxygens (including phenoxy) is 1. The van der Waals surface area contributed by atoms with E-state index in [4.69, 9.17) is 40.2 Å². The predicted octanol–water partition coefficient (Wildman–Crippen LogP) is 3.44. The molecule has 2 aromatic rings. The van der Waals surface area contributed by atoms with Crippen LogP contribution in [0.5, 0.6) is 5.75 Å². The third-order valence-corrected chi connectivity index (χ3v) is 4.58. The van der Waals surface area contributed by atoms with Gasteiger partial charge >= 0.3 is 0 Å². The molecule has 8 nitrogen and oxygen atoms in total. The fourth-order valence-corrected chi connectivity index (χ4v) is 2.80. The minimum absolute atomic E-state index is 0.122. The Hall–Kier alpha value is -2.88. The van der Waals surface area contributed by atoms with E-state index in [2.05, 4.69) is 21.5 Å². The number of rotatable bonds is 6. The molecule has 31 heavy (non-hydrogen) atoms. The summed E-state index contributed by atoms with van der Waals surface area (Å²) in [6.45, 7) is 3.25. The molecule has 0 aromatic heterocycles. The number of hydrazine groups is 1. The number of carbonyl (C=O) groups excluding carboxylic acids is 3. The van der Waals surface area contributed by atoms with Crippen LogP contribution in [0.3, 0.4) is 0 Å². The summed E-state index contributed by atoms with van der Waals surface area (Å²) in [5, 5.41) is 5.66. The van der Waals surface area contributed by atoms with Gasteiger partial charge in [-0.15, -0.1) is 0 Å². The van der Waals surface area contributed by atoms with Crippen LogP contribution in [-0.2, 0) is 9.59 Å². The Morgan fingerprint density at radius 1 is 1.06 bits per heavy atom. The van der Waals surface area contributed by atoms with E-state index >= 15 is 0 Å². The van der Waals surface area contributed by atoms with Crippen molar-refractivity contribution in [3.63, 3.8) is 0 Å². The zero-order valence-corrected chi connectivity index (χ0v) is 19.0. The summed E-state index contributed by atoms with van der Waals surface area (Å²) in [6, 6.07) is 10.9. The lowest BCUT2D eigenvalue weighted by Gasteiger charge is -2.17. The largest absolute Gasteiger partial charge is 0.479 e. The van der Waals surface area contributed by atoms with Crippen LogP contribution in [0.2, 0.25) is 10.0 Å². The third-order valence-electron chi connectivity index (χ3n) is 3.85. The summed E-state index contributed by atoms with van der Waals surface area (Å²) in [4.78, 5) is 35.8. The molecule has 2 aromatic carbocycles. The summed E-state index contributed by atoms with van der Waals surface area (Å²) in [5.41, 5.74) is 5.71. The van der Waals surface area contributed by atoms with Gasteiger partial charge in [0.25, 0.3) is 11.8 Å². The second kappa shape index (κ2) is 11.5.